The molecule has 1 aromatic heterocycles. The molecule has 3 rings (SSSR count). The molecule has 0 spiro atoms. The number of hydrogen-bond acceptors (Lipinski definition) is 4. The summed E-state index contributed by atoms with van der Waals surface area (Å²) in [5.41, 5.74) is 1.77. The van der Waals surface area contributed by atoms with Crippen molar-refractivity contribution < 1.29 is 8.42 Å². The van der Waals surface area contributed by atoms with Crippen molar-refractivity contribution >= 4 is 10.0 Å². The third-order valence-corrected chi connectivity index (χ3v) is 5.05. The van der Waals surface area contributed by atoms with Crippen LogP contribution in [-0.4, -0.2) is 17.6 Å². The Morgan fingerprint density at radius 3 is 3.00 bits per heavy atom. The molecule has 1 aliphatic carbocycles. The molecular weight excluding hydrogens is 274 g/mol. The van der Waals surface area contributed by atoms with E-state index in [4.69, 9.17) is 0 Å². The maximum Gasteiger partial charge on any atom is 0.282 e. The lowest BCUT2D eigenvalue weighted by Crippen LogP contribution is -2.16. The smallest absolute Gasteiger partial charge is 0.282 e. The molecule has 6 heteroatoms. The zero-order valence-electron chi connectivity index (χ0n) is 11.3. The van der Waals surface area contributed by atoms with Crippen molar-refractivity contribution in [1.29, 1.82) is 0 Å². The first kappa shape index (κ1) is 13.3. The van der Waals surface area contributed by atoms with Crippen LogP contribution >= 0.6 is 0 Å². The van der Waals surface area contributed by atoms with E-state index < -0.39 is 10.0 Å². The van der Waals surface area contributed by atoms with E-state index in [1.807, 2.05) is 19.1 Å². The molecule has 0 bridgehead atoms. The minimum absolute atomic E-state index is 0.237. The highest BCUT2D eigenvalue weighted by atomic mass is 32.2. The van der Waals surface area contributed by atoms with Gasteiger partial charge < -0.3 is 5.32 Å². The van der Waals surface area contributed by atoms with Crippen LogP contribution in [0.3, 0.4) is 0 Å². The van der Waals surface area contributed by atoms with E-state index in [0.717, 1.165) is 15.3 Å². The first-order valence-electron chi connectivity index (χ1n) is 6.66. The molecule has 0 saturated carbocycles. The van der Waals surface area contributed by atoms with Gasteiger partial charge in [-0.05, 0) is 18.4 Å². The fourth-order valence-electron chi connectivity index (χ4n) is 2.31. The van der Waals surface area contributed by atoms with Crippen LogP contribution in [0, 0.1) is 5.92 Å². The molecule has 1 unspecified atom stereocenters. The maximum atomic E-state index is 12.6. The molecule has 5 nitrogen and oxygen atoms in total. The average Bonchev–Trinajstić information content (AvgIpc) is 2.94. The summed E-state index contributed by atoms with van der Waals surface area (Å²) in [5, 5.41) is 7.33. The summed E-state index contributed by atoms with van der Waals surface area (Å²) in [5.74, 6) is 0.237. The molecule has 2 heterocycles. The van der Waals surface area contributed by atoms with Gasteiger partial charge in [0.2, 0.25) is 0 Å². The van der Waals surface area contributed by atoms with Crippen molar-refractivity contribution in [3.63, 3.8) is 0 Å². The van der Waals surface area contributed by atoms with Gasteiger partial charge in [0, 0.05) is 24.8 Å². The maximum absolute atomic E-state index is 12.6. The van der Waals surface area contributed by atoms with Gasteiger partial charge in [-0.25, -0.2) is 0 Å². The molecule has 0 saturated heterocycles. The lowest BCUT2D eigenvalue weighted by atomic mass is 10.1. The van der Waals surface area contributed by atoms with Crippen LogP contribution in [-0.2, 0) is 23.1 Å². The molecule has 0 fully saturated rings. The average molecular weight is 291 g/mol. The van der Waals surface area contributed by atoms with E-state index in [9.17, 15) is 8.42 Å². The largest absolute Gasteiger partial charge is 0.307 e. The van der Waals surface area contributed by atoms with Gasteiger partial charge >= 0.3 is 0 Å². The fraction of sp³-hybridized carbons (Fsp3) is 0.357. The first-order chi connectivity index (χ1) is 9.57. The zero-order valence-corrected chi connectivity index (χ0v) is 12.1. The van der Waals surface area contributed by atoms with Crippen LogP contribution in [0.1, 0.15) is 24.6 Å². The highest BCUT2D eigenvalue weighted by Crippen LogP contribution is 2.20. The van der Waals surface area contributed by atoms with Crippen LogP contribution in [0.15, 0.2) is 41.5 Å². The van der Waals surface area contributed by atoms with E-state index in [2.05, 4.69) is 16.5 Å². The van der Waals surface area contributed by atoms with Crippen LogP contribution in [0.4, 0.5) is 0 Å². The van der Waals surface area contributed by atoms with E-state index in [-0.39, 0.29) is 5.92 Å². The molecule has 1 N–H and O–H groups in total. The quantitative estimate of drug-likeness (QED) is 0.842. The number of fused-ring (bicyclic) bond motifs is 1. The van der Waals surface area contributed by atoms with Gasteiger partial charge in [0.05, 0.1) is 10.6 Å². The Labute approximate surface area is 118 Å². The van der Waals surface area contributed by atoms with Gasteiger partial charge in [-0.15, -0.1) is 0 Å². The van der Waals surface area contributed by atoms with Crippen LogP contribution in [0.25, 0.3) is 0 Å². The predicted octanol–water partition coefficient (Wildman–Crippen LogP) is 1.70. The lowest BCUT2D eigenvalue weighted by molar-refractivity contribution is 0.585. The second-order valence-corrected chi connectivity index (χ2v) is 6.87. The summed E-state index contributed by atoms with van der Waals surface area (Å²) in [4.78, 5) is 0.308. The number of aromatic nitrogens is 2. The van der Waals surface area contributed by atoms with Crippen molar-refractivity contribution in [3.8, 4) is 0 Å². The monoisotopic (exact) mass is 291 g/mol. The van der Waals surface area contributed by atoms with Crippen molar-refractivity contribution in [2.45, 2.75) is 26.4 Å². The standard InChI is InChI=1S/C14H17N3O2S/c1-11-4-2-3-5-13(7-6-11)20(18,19)17-10-12-8-15-9-14(12)16-17/h2,4-7,10-11,15H,3,8-9H2,1H3/b4-2?,7-6-,13-5+. The number of nitrogens with one attached hydrogen (secondary N) is 1. The summed E-state index contributed by atoms with van der Waals surface area (Å²) in [6, 6.07) is 0. The van der Waals surface area contributed by atoms with Crippen LogP contribution in [0.5, 0.6) is 0 Å². The van der Waals surface area contributed by atoms with E-state index in [1.165, 1.54) is 0 Å². The van der Waals surface area contributed by atoms with E-state index in [1.54, 1.807) is 18.3 Å². The van der Waals surface area contributed by atoms with Crippen LogP contribution in [0.2, 0.25) is 0 Å². The summed E-state index contributed by atoms with van der Waals surface area (Å²) < 4.78 is 26.3. The van der Waals surface area contributed by atoms with Crippen LogP contribution < -0.4 is 5.32 Å². The Morgan fingerprint density at radius 1 is 1.35 bits per heavy atom. The normalized spacial score (nSPS) is 26.4. The van der Waals surface area contributed by atoms with Gasteiger partial charge in [-0.2, -0.15) is 17.6 Å². The Bertz CT molecular complexity index is 689. The highest BCUT2D eigenvalue weighted by Gasteiger charge is 2.23. The van der Waals surface area contributed by atoms with E-state index in [0.29, 0.717) is 24.4 Å². The Kier molecular flexibility index (Phi) is 3.35. The highest BCUT2D eigenvalue weighted by molar-refractivity contribution is 7.93. The molecule has 1 aromatic rings. The van der Waals surface area contributed by atoms with Crippen molar-refractivity contribution in [1.82, 2.24) is 14.5 Å². The molecule has 0 amide bonds. The Morgan fingerprint density at radius 2 is 2.20 bits per heavy atom. The molecule has 2 aliphatic rings. The second-order valence-electron chi connectivity index (χ2n) is 5.07. The van der Waals surface area contributed by atoms with Gasteiger partial charge in [0.1, 0.15) is 0 Å². The van der Waals surface area contributed by atoms with E-state index >= 15 is 0 Å². The molecule has 20 heavy (non-hydrogen) atoms. The number of nitrogens with zero attached hydrogens (tertiary/aromatic N) is 2. The topological polar surface area (TPSA) is 64.0 Å². The molecule has 0 aromatic carbocycles. The fourth-order valence-corrected chi connectivity index (χ4v) is 3.56. The number of allylic oxidation sites excluding steroid dienone is 5. The molecule has 106 valence electrons. The Balaban J connectivity index is 1.98. The third kappa shape index (κ3) is 2.36. The zero-order chi connectivity index (χ0) is 14.2. The summed E-state index contributed by atoms with van der Waals surface area (Å²) in [7, 11) is -3.58. The Hall–Kier alpha value is -1.66. The van der Waals surface area contributed by atoms with Crippen molar-refractivity contribution in [2.24, 2.45) is 5.92 Å². The number of rotatable bonds is 2. The van der Waals surface area contributed by atoms with Gasteiger partial charge in [0.25, 0.3) is 10.0 Å². The number of hydrogen-bond donors (Lipinski definition) is 1. The first-order valence-corrected chi connectivity index (χ1v) is 8.10. The predicted molar refractivity (Wildman–Crippen MR) is 77.2 cm³/mol. The van der Waals surface area contributed by atoms with Crippen molar-refractivity contribution in [2.75, 3.05) is 0 Å². The SMILES string of the molecule is CC1C=CC/C=C(S(=O)(=O)n2cc3c(n2)CNC3)\C=C/1. The van der Waals surface area contributed by atoms with Crippen molar-refractivity contribution in [3.05, 3.63) is 52.7 Å². The lowest BCUT2D eigenvalue weighted by Gasteiger charge is -2.08. The van der Waals surface area contributed by atoms with Gasteiger partial charge in [-0.3, -0.25) is 0 Å². The van der Waals surface area contributed by atoms with Gasteiger partial charge in [0.15, 0.2) is 0 Å². The molecule has 1 aliphatic heterocycles. The summed E-state index contributed by atoms with van der Waals surface area (Å²) in [6.45, 7) is 3.34. The minimum atomic E-state index is -3.58. The summed E-state index contributed by atoms with van der Waals surface area (Å²) in [6.07, 6.45) is 11.6. The second kappa shape index (κ2) is 5.03. The molecular formula is C14H17N3O2S. The summed E-state index contributed by atoms with van der Waals surface area (Å²) >= 11 is 0. The van der Waals surface area contributed by atoms with Gasteiger partial charge in [-0.1, -0.05) is 31.2 Å². The third-order valence-electron chi connectivity index (χ3n) is 3.47. The minimum Gasteiger partial charge on any atom is -0.307 e. The molecule has 1 atom stereocenters. The molecule has 0 radical (unpaired) electrons.